The van der Waals surface area contributed by atoms with Crippen LogP contribution in [0.3, 0.4) is 0 Å². The van der Waals surface area contributed by atoms with Crippen LogP contribution in [0, 0.1) is 34.1 Å². The van der Waals surface area contributed by atoms with E-state index in [1.54, 1.807) is 0 Å². The fourth-order valence-electron chi connectivity index (χ4n) is 0.408. The SMILES string of the molecule is C.CC.[B].[CH2-]C([CH-]CC)CO.[CH3-].[CH3-].[W+2].[Y]. The molecule has 0 bridgehead atoms. The molecule has 1 unspecified atom stereocenters. The molecular formula is C11H28BOWY-2. The van der Waals surface area contributed by atoms with Crippen molar-refractivity contribution >= 4 is 8.41 Å². The number of aliphatic hydroxyl groups is 1. The molecule has 0 rings (SSSR count). The van der Waals surface area contributed by atoms with Crippen molar-refractivity contribution in [1.29, 1.82) is 0 Å². The molecule has 4 heteroatoms. The molecule has 1 N–H and O–H groups in total. The first-order chi connectivity index (χ1) is 4.31. The summed E-state index contributed by atoms with van der Waals surface area (Å²) in [4.78, 5) is 0. The summed E-state index contributed by atoms with van der Waals surface area (Å²) >= 11 is 0. The second-order valence-electron chi connectivity index (χ2n) is 1.59. The van der Waals surface area contributed by atoms with Crippen LogP contribution in [0.1, 0.15) is 34.6 Å². The molecule has 0 heterocycles. The van der Waals surface area contributed by atoms with Crippen LogP contribution in [0.15, 0.2) is 0 Å². The van der Waals surface area contributed by atoms with E-state index in [4.69, 9.17) is 5.11 Å². The van der Waals surface area contributed by atoms with Crippen LogP contribution in [0.25, 0.3) is 0 Å². The van der Waals surface area contributed by atoms with E-state index in [9.17, 15) is 0 Å². The van der Waals surface area contributed by atoms with Crippen molar-refractivity contribution in [2.24, 2.45) is 5.92 Å². The molecule has 0 aromatic carbocycles. The maximum atomic E-state index is 8.37. The van der Waals surface area contributed by atoms with Gasteiger partial charge in [0.1, 0.15) is 0 Å². The quantitative estimate of drug-likeness (QED) is 0.507. The molecule has 0 saturated heterocycles. The summed E-state index contributed by atoms with van der Waals surface area (Å²) in [5.41, 5.74) is 0. The summed E-state index contributed by atoms with van der Waals surface area (Å²) in [7, 11) is 0. The molecular weight excluding hydrogens is 432 g/mol. The van der Waals surface area contributed by atoms with Crippen LogP contribution < -0.4 is 0 Å². The molecule has 1 atom stereocenters. The third-order valence-corrected chi connectivity index (χ3v) is 0.804. The Balaban J connectivity index is -0.00000000965. The summed E-state index contributed by atoms with van der Waals surface area (Å²) in [5.74, 6) is 0.130. The van der Waals surface area contributed by atoms with Gasteiger partial charge in [-0.1, -0.05) is 28.2 Å². The second kappa shape index (κ2) is 56.8. The van der Waals surface area contributed by atoms with Gasteiger partial charge in [-0.25, -0.2) is 0 Å². The summed E-state index contributed by atoms with van der Waals surface area (Å²) in [6, 6.07) is 0. The molecule has 92 valence electrons. The minimum Gasteiger partial charge on any atom is -0.401 e. The third-order valence-electron chi connectivity index (χ3n) is 0.804. The van der Waals surface area contributed by atoms with Gasteiger partial charge in [-0.05, 0) is 6.61 Å². The topological polar surface area (TPSA) is 20.2 Å². The van der Waals surface area contributed by atoms with Gasteiger partial charge in [0.2, 0.25) is 0 Å². The molecule has 0 amide bonds. The molecule has 0 aliphatic carbocycles. The Hall–Kier alpha value is 1.82. The fourth-order valence-corrected chi connectivity index (χ4v) is 0.408. The Morgan fingerprint density at radius 1 is 1.27 bits per heavy atom. The molecule has 0 aromatic heterocycles. The van der Waals surface area contributed by atoms with Crippen molar-refractivity contribution in [1.82, 2.24) is 0 Å². The van der Waals surface area contributed by atoms with Crippen molar-refractivity contribution in [3.63, 3.8) is 0 Å². The molecule has 0 spiro atoms. The van der Waals surface area contributed by atoms with Crippen molar-refractivity contribution in [3.8, 4) is 0 Å². The molecule has 0 aromatic rings. The Morgan fingerprint density at radius 2 is 1.53 bits per heavy atom. The zero-order chi connectivity index (χ0) is 7.70. The average Bonchev–Trinajstić information content (AvgIpc) is 1.93. The normalized spacial score (nSPS) is 7.00. The monoisotopic (exact) mass is 460 g/mol. The fraction of sp³-hybridized carbons (Fsp3) is 0.636. The van der Waals surface area contributed by atoms with Gasteiger partial charge in [0.25, 0.3) is 0 Å². The van der Waals surface area contributed by atoms with Gasteiger partial charge in [-0.15, -0.1) is 0 Å². The van der Waals surface area contributed by atoms with Crippen LogP contribution in [0.4, 0.5) is 0 Å². The maximum Gasteiger partial charge on any atom is 2.00 e. The Bertz CT molecular complexity index is 51.6. The Morgan fingerprint density at radius 3 is 1.60 bits per heavy atom. The molecule has 0 aliphatic heterocycles. The minimum atomic E-state index is 0. The second-order valence-corrected chi connectivity index (χ2v) is 1.59. The predicted octanol–water partition coefficient (Wildman–Crippen LogP) is 3.22. The van der Waals surface area contributed by atoms with E-state index in [-0.39, 0.29) is 97.0 Å². The zero-order valence-corrected chi connectivity index (χ0v) is 16.1. The summed E-state index contributed by atoms with van der Waals surface area (Å²) in [6.07, 6.45) is 2.98. The third kappa shape index (κ3) is 65.0. The molecule has 4 radical (unpaired) electrons. The van der Waals surface area contributed by atoms with Crippen molar-refractivity contribution < 1.29 is 58.9 Å². The largest absolute Gasteiger partial charge is 2.00 e. The van der Waals surface area contributed by atoms with Gasteiger partial charge in [0.15, 0.2) is 0 Å². The number of hydrogen-bond acceptors (Lipinski definition) is 1. The van der Waals surface area contributed by atoms with Crippen molar-refractivity contribution in [2.45, 2.75) is 34.6 Å². The first-order valence-corrected chi connectivity index (χ1v) is 3.58. The summed E-state index contributed by atoms with van der Waals surface area (Å²) < 4.78 is 0. The van der Waals surface area contributed by atoms with Crippen LogP contribution in [0.5, 0.6) is 0 Å². The first kappa shape index (κ1) is 54.1. The van der Waals surface area contributed by atoms with E-state index < -0.39 is 0 Å². The molecule has 0 saturated carbocycles. The van der Waals surface area contributed by atoms with Gasteiger partial charge < -0.3 is 33.3 Å². The van der Waals surface area contributed by atoms with Gasteiger partial charge in [0, 0.05) is 41.1 Å². The maximum absolute atomic E-state index is 8.37. The standard InChI is InChI=1S/C6H12O.C2H6.CH4.2CH3.B.W.Y/c1-3-4-6(2)5-7;1-2;;;;;;/h4,6-7H,2-3,5H2,1H3;1-2H3;1H4;2*1H3;;;/q-2;;;2*-1;;+2;. The van der Waals surface area contributed by atoms with E-state index in [1.807, 2.05) is 27.2 Å². The van der Waals surface area contributed by atoms with E-state index in [1.165, 1.54) is 0 Å². The van der Waals surface area contributed by atoms with Gasteiger partial charge in [-0.3, -0.25) is 5.92 Å². The van der Waals surface area contributed by atoms with E-state index >= 15 is 0 Å². The van der Waals surface area contributed by atoms with Crippen LogP contribution in [-0.2, 0) is 53.8 Å². The molecule has 0 fully saturated rings. The van der Waals surface area contributed by atoms with Crippen molar-refractivity contribution in [2.75, 3.05) is 6.61 Å². The van der Waals surface area contributed by atoms with Gasteiger partial charge in [0.05, 0.1) is 0 Å². The van der Waals surface area contributed by atoms with Crippen LogP contribution in [0.2, 0.25) is 0 Å². The Kier molecular flexibility index (Phi) is 205. The molecule has 15 heavy (non-hydrogen) atoms. The molecule has 0 aliphatic rings. The zero-order valence-electron chi connectivity index (χ0n) is 10.3. The molecule has 1 nitrogen and oxygen atoms in total. The average molecular weight is 460 g/mol. The smallest absolute Gasteiger partial charge is 0.401 e. The minimum absolute atomic E-state index is 0. The van der Waals surface area contributed by atoms with Crippen LogP contribution >= 0.6 is 0 Å². The number of rotatable bonds is 3. The van der Waals surface area contributed by atoms with E-state index in [0.29, 0.717) is 0 Å². The Labute approximate surface area is 141 Å². The van der Waals surface area contributed by atoms with Crippen molar-refractivity contribution in [3.05, 3.63) is 28.2 Å². The summed E-state index contributed by atoms with van der Waals surface area (Å²) in [5, 5.41) is 8.37. The van der Waals surface area contributed by atoms with E-state index in [2.05, 4.69) is 6.92 Å². The number of hydrogen-bond donors (Lipinski definition) is 1. The predicted molar refractivity (Wildman–Crippen MR) is 67.2 cm³/mol. The van der Waals surface area contributed by atoms with Gasteiger partial charge in [-0.2, -0.15) is 6.42 Å². The van der Waals surface area contributed by atoms with E-state index in [0.717, 1.165) is 6.42 Å². The number of aliphatic hydroxyl groups excluding tert-OH is 1. The van der Waals surface area contributed by atoms with Crippen LogP contribution in [-0.4, -0.2) is 20.1 Å². The summed E-state index contributed by atoms with van der Waals surface area (Å²) in [6.45, 7) is 9.85. The van der Waals surface area contributed by atoms with Gasteiger partial charge >= 0.3 is 21.1 Å². The first-order valence-electron chi connectivity index (χ1n) is 3.58.